The molecule has 0 aliphatic heterocycles. The van der Waals surface area contributed by atoms with E-state index in [1.807, 2.05) is 12.4 Å². The Morgan fingerprint density at radius 3 is 2.74 bits per heavy atom. The number of hydrogen-bond acceptors (Lipinski definition) is 5. The number of carbonyl (C=O) groups is 1. The van der Waals surface area contributed by atoms with Crippen molar-refractivity contribution in [1.29, 1.82) is 0 Å². The molecule has 0 saturated carbocycles. The van der Waals surface area contributed by atoms with E-state index in [2.05, 4.69) is 18.8 Å². The second kappa shape index (κ2) is 7.97. The molecule has 0 spiro atoms. The molecule has 0 unspecified atom stereocenters. The Kier molecular flexibility index (Phi) is 5.98. The largest absolute Gasteiger partial charge is 0.493 e. The van der Waals surface area contributed by atoms with Gasteiger partial charge < -0.3 is 14.4 Å². The number of rotatable bonds is 7. The average molecular weight is 334 g/mol. The van der Waals surface area contributed by atoms with Gasteiger partial charge in [0.25, 0.3) is 5.91 Å². The van der Waals surface area contributed by atoms with Gasteiger partial charge in [0.1, 0.15) is 6.61 Å². The summed E-state index contributed by atoms with van der Waals surface area (Å²) in [6, 6.07) is 5.25. The van der Waals surface area contributed by atoms with Crippen molar-refractivity contribution in [3.63, 3.8) is 0 Å². The van der Waals surface area contributed by atoms with E-state index in [-0.39, 0.29) is 5.91 Å². The first-order chi connectivity index (χ1) is 11.0. The van der Waals surface area contributed by atoms with Crippen LogP contribution in [-0.2, 0) is 6.61 Å². The van der Waals surface area contributed by atoms with Crippen molar-refractivity contribution < 1.29 is 14.3 Å². The van der Waals surface area contributed by atoms with Crippen molar-refractivity contribution in [2.24, 2.45) is 5.92 Å². The Morgan fingerprint density at radius 2 is 2.13 bits per heavy atom. The van der Waals surface area contributed by atoms with Crippen LogP contribution >= 0.6 is 11.3 Å². The summed E-state index contributed by atoms with van der Waals surface area (Å²) in [4.78, 5) is 18.3. The lowest BCUT2D eigenvalue weighted by molar-refractivity contribution is 0.0778. The van der Waals surface area contributed by atoms with Crippen molar-refractivity contribution in [1.82, 2.24) is 9.88 Å². The molecule has 0 bridgehead atoms. The molecule has 1 aromatic heterocycles. The molecule has 0 atom stereocenters. The summed E-state index contributed by atoms with van der Waals surface area (Å²) in [5.41, 5.74) is 3.22. The third-order valence-electron chi connectivity index (χ3n) is 3.26. The van der Waals surface area contributed by atoms with Gasteiger partial charge in [0, 0.05) is 24.5 Å². The van der Waals surface area contributed by atoms with Gasteiger partial charge >= 0.3 is 0 Å². The Balaban J connectivity index is 2.10. The number of methoxy groups -OCH3 is 1. The predicted molar refractivity (Wildman–Crippen MR) is 91.2 cm³/mol. The number of hydrogen-bond donors (Lipinski definition) is 0. The zero-order valence-electron chi connectivity index (χ0n) is 13.9. The highest BCUT2D eigenvalue weighted by Gasteiger charge is 2.16. The monoisotopic (exact) mass is 334 g/mol. The number of benzene rings is 1. The van der Waals surface area contributed by atoms with Gasteiger partial charge in [-0.05, 0) is 24.1 Å². The molecular formula is C17H22N2O3S. The van der Waals surface area contributed by atoms with Crippen LogP contribution in [0.1, 0.15) is 29.9 Å². The lowest BCUT2D eigenvalue weighted by Gasteiger charge is -2.20. The standard InChI is InChI=1S/C17H22N2O3S/c1-12(2)8-19(3)17(20)13-5-6-15(16(7-13)21-4)22-9-14-10-23-11-18-14/h5-7,10-12H,8-9H2,1-4H3. The Bertz CT molecular complexity index is 641. The first-order valence-electron chi connectivity index (χ1n) is 7.44. The van der Waals surface area contributed by atoms with Crippen LogP contribution in [0.4, 0.5) is 0 Å². The first kappa shape index (κ1) is 17.3. The summed E-state index contributed by atoms with van der Waals surface area (Å²) < 4.78 is 11.1. The molecule has 124 valence electrons. The van der Waals surface area contributed by atoms with Gasteiger partial charge in [0.2, 0.25) is 0 Å². The fourth-order valence-electron chi connectivity index (χ4n) is 2.23. The highest BCUT2D eigenvalue weighted by molar-refractivity contribution is 7.07. The molecule has 0 aliphatic rings. The van der Waals surface area contributed by atoms with Crippen LogP contribution in [0.3, 0.4) is 0 Å². The molecule has 1 aromatic carbocycles. The number of ether oxygens (including phenoxy) is 2. The van der Waals surface area contributed by atoms with Gasteiger partial charge in [-0.25, -0.2) is 4.98 Å². The molecule has 23 heavy (non-hydrogen) atoms. The van der Waals surface area contributed by atoms with Crippen molar-refractivity contribution in [3.05, 3.63) is 40.3 Å². The molecule has 0 fully saturated rings. The Labute approximate surface area is 140 Å². The Morgan fingerprint density at radius 1 is 1.35 bits per heavy atom. The normalized spacial score (nSPS) is 10.7. The zero-order chi connectivity index (χ0) is 16.8. The molecule has 6 heteroatoms. The number of aromatic nitrogens is 1. The average Bonchev–Trinajstić information content (AvgIpc) is 3.04. The summed E-state index contributed by atoms with van der Waals surface area (Å²) in [5, 5.41) is 1.94. The maximum Gasteiger partial charge on any atom is 0.253 e. The van der Waals surface area contributed by atoms with E-state index in [0.717, 1.165) is 5.69 Å². The lowest BCUT2D eigenvalue weighted by atomic mass is 10.1. The molecule has 1 heterocycles. The van der Waals surface area contributed by atoms with Crippen LogP contribution in [0.15, 0.2) is 29.1 Å². The summed E-state index contributed by atoms with van der Waals surface area (Å²) in [6.07, 6.45) is 0. The lowest BCUT2D eigenvalue weighted by Crippen LogP contribution is -2.30. The van der Waals surface area contributed by atoms with Gasteiger partial charge in [0.15, 0.2) is 11.5 Å². The van der Waals surface area contributed by atoms with E-state index >= 15 is 0 Å². The third kappa shape index (κ3) is 4.69. The number of nitrogens with zero attached hydrogens (tertiary/aromatic N) is 2. The molecule has 0 radical (unpaired) electrons. The van der Waals surface area contributed by atoms with Crippen molar-refractivity contribution in [2.45, 2.75) is 20.5 Å². The third-order valence-corrected chi connectivity index (χ3v) is 3.89. The van der Waals surface area contributed by atoms with Crippen LogP contribution in [-0.4, -0.2) is 36.5 Å². The molecule has 0 saturated heterocycles. The maximum atomic E-state index is 12.4. The van der Waals surface area contributed by atoms with Crippen LogP contribution < -0.4 is 9.47 Å². The van der Waals surface area contributed by atoms with Crippen molar-refractivity contribution in [2.75, 3.05) is 20.7 Å². The molecular weight excluding hydrogens is 312 g/mol. The van der Waals surface area contributed by atoms with Gasteiger partial charge in [-0.2, -0.15) is 0 Å². The number of amides is 1. The summed E-state index contributed by atoms with van der Waals surface area (Å²) in [7, 11) is 3.37. The second-order valence-electron chi connectivity index (χ2n) is 5.71. The van der Waals surface area contributed by atoms with E-state index in [0.29, 0.717) is 36.1 Å². The minimum atomic E-state index is -0.0250. The molecule has 1 amide bonds. The van der Waals surface area contributed by atoms with Gasteiger partial charge in [-0.15, -0.1) is 11.3 Å². The zero-order valence-corrected chi connectivity index (χ0v) is 14.7. The highest BCUT2D eigenvalue weighted by Crippen LogP contribution is 2.29. The van der Waals surface area contributed by atoms with Crippen LogP contribution in [0, 0.1) is 5.92 Å². The quantitative estimate of drug-likeness (QED) is 0.778. The van der Waals surface area contributed by atoms with Crippen LogP contribution in [0.5, 0.6) is 11.5 Å². The van der Waals surface area contributed by atoms with E-state index in [1.54, 1.807) is 35.7 Å². The number of thiazole rings is 1. The molecule has 2 rings (SSSR count). The van der Waals surface area contributed by atoms with Crippen LogP contribution in [0.25, 0.3) is 0 Å². The fourth-order valence-corrected chi connectivity index (χ4v) is 2.77. The van der Waals surface area contributed by atoms with Gasteiger partial charge in [-0.3, -0.25) is 4.79 Å². The van der Waals surface area contributed by atoms with Crippen molar-refractivity contribution >= 4 is 17.2 Å². The molecule has 0 N–H and O–H groups in total. The van der Waals surface area contributed by atoms with E-state index < -0.39 is 0 Å². The minimum Gasteiger partial charge on any atom is -0.493 e. The molecule has 2 aromatic rings. The summed E-state index contributed by atoms with van der Waals surface area (Å²) in [6.45, 7) is 5.25. The molecule has 5 nitrogen and oxygen atoms in total. The first-order valence-corrected chi connectivity index (χ1v) is 8.39. The van der Waals surface area contributed by atoms with Crippen molar-refractivity contribution in [3.8, 4) is 11.5 Å². The van der Waals surface area contributed by atoms with E-state index in [4.69, 9.17) is 9.47 Å². The number of carbonyl (C=O) groups excluding carboxylic acids is 1. The Hall–Kier alpha value is -2.08. The van der Waals surface area contributed by atoms with Gasteiger partial charge in [0.05, 0.1) is 18.3 Å². The minimum absolute atomic E-state index is 0.0250. The van der Waals surface area contributed by atoms with Crippen LogP contribution in [0.2, 0.25) is 0 Å². The second-order valence-corrected chi connectivity index (χ2v) is 6.43. The SMILES string of the molecule is COc1cc(C(=O)N(C)CC(C)C)ccc1OCc1cscn1. The van der Waals surface area contributed by atoms with Gasteiger partial charge in [-0.1, -0.05) is 13.8 Å². The highest BCUT2D eigenvalue weighted by atomic mass is 32.1. The maximum absolute atomic E-state index is 12.4. The van der Waals surface area contributed by atoms with E-state index in [1.165, 1.54) is 11.3 Å². The topological polar surface area (TPSA) is 51.7 Å². The predicted octanol–water partition coefficient (Wildman–Crippen LogP) is 3.46. The summed E-state index contributed by atoms with van der Waals surface area (Å²) in [5.74, 6) is 1.54. The van der Waals surface area contributed by atoms with E-state index in [9.17, 15) is 4.79 Å². The molecule has 0 aliphatic carbocycles. The smallest absolute Gasteiger partial charge is 0.253 e. The summed E-state index contributed by atoms with van der Waals surface area (Å²) >= 11 is 1.53. The fraction of sp³-hybridized carbons (Fsp3) is 0.412.